The van der Waals surface area contributed by atoms with Gasteiger partial charge < -0.3 is 5.11 Å². The molecule has 0 aliphatic heterocycles. The molecule has 1 N–H and O–H groups in total. The second kappa shape index (κ2) is 7.95. The molecule has 2 heterocycles. The lowest BCUT2D eigenvalue weighted by Crippen LogP contribution is -2.22. The minimum Gasteiger partial charge on any atom is -0.494 e. The van der Waals surface area contributed by atoms with E-state index in [1.54, 1.807) is 19.1 Å². The van der Waals surface area contributed by atoms with Crippen molar-refractivity contribution >= 4 is 5.78 Å². The summed E-state index contributed by atoms with van der Waals surface area (Å²) < 4.78 is 29.8. The second-order valence-corrected chi connectivity index (χ2v) is 6.86. The highest BCUT2D eigenvalue weighted by molar-refractivity contribution is 6.14. The molecule has 0 saturated carbocycles. The Hall–Kier alpha value is -4.13. The molecule has 5 nitrogen and oxygen atoms in total. The fourth-order valence-electron chi connectivity index (χ4n) is 3.37. The molecule has 4 aromatic rings. The van der Waals surface area contributed by atoms with Crippen molar-refractivity contribution in [1.29, 1.82) is 0 Å². The average Bonchev–Trinajstić information content (AvgIpc) is 2.74. The van der Waals surface area contributed by atoms with Crippen LogP contribution in [-0.2, 0) is 0 Å². The van der Waals surface area contributed by atoms with Gasteiger partial charge in [0.05, 0.1) is 11.1 Å². The summed E-state index contributed by atoms with van der Waals surface area (Å²) in [7, 11) is 0. The standard InChI is InChI=1S/C24H16F2N2O3/c1-14-7-6-12-20(27-14)28-21(29)13-17(15-8-2-4-10-18(15)25)22(24(28)31)23(30)16-9-3-5-11-19(16)26/h2-13,31H,1H3. The fraction of sp³-hybridized carbons (Fsp3) is 0.0417. The van der Waals surface area contributed by atoms with Crippen LogP contribution in [0, 0.1) is 18.6 Å². The minimum absolute atomic E-state index is 0.0704. The van der Waals surface area contributed by atoms with Gasteiger partial charge in [-0.05, 0) is 37.3 Å². The Labute approximate surface area is 175 Å². The van der Waals surface area contributed by atoms with Gasteiger partial charge in [-0.15, -0.1) is 0 Å². The number of hydrogen-bond donors (Lipinski definition) is 1. The summed E-state index contributed by atoms with van der Waals surface area (Å²) in [5.41, 5.74) is -1.09. The van der Waals surface area contributed by atoms with E-state index < -0.39 is 34.4 Å². The second-order valence-electron chi connectivity index (χ2n) is 6.86. The molecule has 154 valence electrons. The predicted molar refractivity (Wildman–Crippen MR) is 111 cm³/mol. The molecule has 0 aliphatic carbocycles. The van der Waals surface area contributed by atoms with Gasteiger partial charge in [-0.2, -0.15) is 0 Å². The lowest BCUT2D eigenvalue weighted by molar-refractivity contribution is 0.103. The van der Waals surface area contributed by atoms with E-state index in [0.717, 1.165) is 22.8 Å². The Balaban J connectivity index is 2.08. The molecule has 0 saturated heterocycles. The van der Waals surface area contributed by atoms with Crippen LogP contribution in [0.25, 0.3) is 16.9 Å². The van der Waals surface area contributed by atoms with Crippen molar-refractivity contribution in [2.24, 2.45) is 0 Å². The van der Waals surface area contributed by atoms with Gasteiger partial charge in [0.1, 0.15) is 17.5 Å². The first kappa shape index (κ1) is 20.2. The Kier molecular flexibility index (Phi) is 5.17. The molecule has 4 rings (SSSR count). The molecular formula is C24H16F2N2O3. The molecule has 2 aromatic carbocycles. The number of carbonyl (C=O) groups excluding carboxylic acids is 1. The van der Waals surface area contributed by atoms with Gasteiger partial charge in [0, 0.05) is 22.9 Å². The summed E-state index contributed by atoms with van der Waals surface area (Å²) in [5, 5.41) is 11.0. The number of benzene rings is 2. The fourth-order valence-corrected chi connectivity index (χ4v) is 3.37. The summed E-state index contributed by atoms with van der Waals surface area (Å²) in [6, 6.07) is 16.6. The van der Waals surface area contributed by atoms with Crippen molar-refractivity contribution in [3.8, 4) is 22.8 Å². The first-order valence-corrected chi connectivity index (χ1v) is 9.35. The number of aromatic hydroxyl groups is 1. The van der Waals surface area contributed by atoms with Crippen LogP contribution in [0.5, 0.6) is 5.88 Å². The zero-order valence-corrected chi connectivity index (χ0v) is 16.3. The molecule has 0 fully saturated rings. The first-order chi connectivity index (χ1) is 14.9. The van der Waals surface area contributed by atoms with Crippen molar-refractivity contribution in [3.63, 3.8) is 0 Å². The third-order valence-electron chi connectivity index (χ3n) is 4.81. The smallest absolute Gasteiger partial charge is 0.259 e. The zero-order valence-electron chi connectivity index (χ0n) is 16.3. The first-order valence-electron chi connectivity index (χ1n) is 9.35. The minimum atomic E-state index is -0.893. The van der Waals surface area contributed by atoms with E-state index in [9.17, 15) is 23.5 Å². The number of halogens is 2. The maximum absolute atomic E-state index is 14.6. The lowest BCUT2D eigenvalue weighted by Gasteiger charge is -2.16. The van der Waals surface area contributed by atoms with E-state index in [1.807, 2.05) is 0 Å². The van der Waals surface area contributed by atoms with Crippen LogP contribution >= 0.6 is 0 Å². The van der Waals surface area contributed by atoms with E-state index in [0.29, 0.717) is 5.69 Å². The molecule has 0 unspecified atom stereocenters. The van der Waals surface area contributed by atoms with Gasteiger partial charge in [-0.3, -0.25) is 9.59 Å². The summed E-state index contributed by atoms with van der Waals surface area (Å²) >= 11 is 0. The van der Waals surface area contributed by atoms with Gasteiger partial charge in [-0.1, -0.05) is 36.4 Å². The Morgan fingerprint density at radius 1 is 0.903 bits per heavy atom. The Bertz CT molecular complexity index is 1380. The van der Waals surface area contributed by atoms with Crippen molar-refractivity contribution < 1.29 is 18.7 Å². The van der Waals surface area contributed by atoms with Crippen molar-refractivity contribution in [2.45, 2.75) is 6.92 Å². The van der Waals surface area contributed by atoms with Gasteiger partial charge in [-0.25, -0.2) is 18.3 Å². The number of pyridine rings is 2. The van der Waals surface area contributed by atoms with E-state index in [1.165, 1.54) is 42.5 Å². The number of nitrogens with zero attached hydrogens (tertiary/aromatic N) is 2. The third kappa shape index (κ3) is 3.61. The quantitative estimate of drug-likeness (QED) is 0.498. The number of ketones is 1. The maximum Gasteiger partial charge on any atom is 0.259 e. The van der Waals surface area contributed by atoms with E-state index >= 15 is 0 Å². The highest BCUT2D eigenvalue weighted by Gasteiger charge is 2.27. The molecule has 0 radical (unpaired) electrons. The largest absolute Gasteiger partial charge is 0.494 e. The predicted octanol–water partition coefficient (Wildman–Crippen LogP) is 4.42. The van der Waals surface area contributed by atoms with E-state index in [4.69, 9.17) is 0 Å². The molecule has 0 atom stereocenters. The number of rotatable bonds is 4. The Morgan fingerprint density at radius 3 is 2.26 bits per heavy atom. The van der Waals surface area contributed by atoms with Crippen LogP contribution < -0.4 is 5.56 Å². The average molecular weight is 418 g/mol. The molecule has 0 amide bonds. The summed E-state index contributed by atoms with van der Waals surface area (Å²) in [5.74, 6) is -3.08. The van der Waals surface area contributed by atoms with Crippen molar-refractivity contribution in [3.05, 3.63) is 112 Å². The number of aromatic nitrogens is 2. The zero-order chi connectivity index (χ0) is 22.1. The topological polar surface area (TPSA) is 72.2 Å². The molecule has 2 aromatic heterocycles. The normalized spacial score (nSPS) is 10.8. The molecule has 7 heteroatoms. The molecule has 31 heavy (non-hydrogen) atoms. The summed E-state index contributed by atoms with van der Waals surface area (Å²) in [6.45, 7) is 1.70. The molecule has 0 aliphatic rings. The number of aryl methyl sites for hydroxylation is 1. The highest BCUT2D eigenvalue weighted by Crippen LogP contribution is 2.33. The molecule has 0 spiro atoms. The third-order valence-corrected chi connectivity index (χ3v) is 4.81. The lowest BCUT2D eigenvalue weighted by atomic mass is 9.94. The van der Waals surface area contributed by atoms with Gasteiger partial charge in [0.25, 0.3) is 5.56 Å². The van der Waals surface area contributed by atoms with Crippen LogP contribution in [0.2, 0.25) is 0 Å². The monoisotopic (exact) mass is 418 g/mol. The van der Waals surface area contributed by atoms with Gasteiger partial charge in [0.15, 0.2) is 0 Å². The van der Waals surface area contributed by atoms with E-state index in [2.05, 4.69) is 4.98 Å². The summed E-state index contributed by atoms with van der Waals surface area (Å²) in [4.78, 5) is 30.4. The molecule has 0 bridgehead atoms. The van der Waals surface area contributed by atoms with Gasteiger partial charge >= 0.3 is 0 Å². The SMILES string of the molecule is Cc1cccc(-n2c(O)c(C(=O)c3ccccc3F)c(-c3ccccc3F)cc2=O)n1. The van der Waals surface area contributed by atoms with Crippen LogP contribution in [-0.4, -0.2) is 20.4 Å². The van der Waals surface area contributed by atoms with Crippen LogP contribution in [0.15, 0.2) is 77.6 Å². The van der Waals surface area contributed by atoms with Crippen LogP contribution in [0.1, 0.15) is 21.6 Å². The van der Waals surface area contributed by atoms with Crippen molar-refractivity contribution in [1.82, 2.24) is 9.55 Å². The summed E-state index contributed by atoms with van der Waals surface area (Å²) in [6.07, 6.45) is 0. The van der Waals surface area contributed by atoms with Crippen LogP contribution in [0.4, 0.5) is 8.78 Å². The van der Waals surface area contributed by atoms with Crippen LogP contribution in [0.3, 0.4) is 0 Å². The molecular weight excluding hydrogens is 402 g/mol. The number of carbonyl (C=O) groups is 1. The van der Waals surface area contributed by atoms with Gasteiger partial charge in [0.2, 0.25) is 11.7 Å². The van der Waals surface area contributed by atoms with E-state index in [-0.39, 0.29) is 22.5 Å². The van der Waals surface area contributed by atoms with Crippen molar-refractivity contribution in [2.75, 3.05) is 0 Å². The highest BCUT2D eigenvalue weighted by atomic mass is 19.1. The Morgan fingerprint density at radius 2 is 1.58 bits per heavy atom. The number of hydrogen-bond acceptors (Lipinski definition) is 4. The maximum atomic E-state index is 14.6.